The van der Waals surface area contributed by atoms with E-state index < -0.39 is 23.4 Å². The minimum absolute atomic E-state index is 0.270. The smallest absolute Gasteiger partial charge is 0.314 e. The van der Waals surface area contributed by atoms with Crippen molar-refractivity contribution in [2.45, 2.75) is 116 Å². The van der Waals surface area contributed by atoms with Gasteiger partial charge in [0.15, 0.2) is 17.5 Å². The van der Waals surface area contributed by atoms with Gasteiger partial charge in [-0.2, -0.15) is 0 Å². The van der Waals surface area contributed by atoms with Gasteiger partial charge in [0.1, 0.15) is 5.75 Å². The van der Waals surface area contributed by atoms with Gasteiger partial charge in [0, 0.05) is 18.7 Å². The van der Waals surface area contributed by atoms with Crippen LogP contribution in [0.5, 0.6) is 5.75 Å². The van der Waals surface area contributed by atoms with Crippen molar-refractivity contribution >= 4 is 5.97 Å². The highest BCUT2D eigenvalue weighted by Crippen LogP contribution is 2.41. The standard InChI is InChI=1S/C31H45F3O3/c1-2-3-4-5-21-6-8-22(9-7-21)20-36-26-16-14-24(15-17-26)23-10-12-25(13-11-23)31(35)37-27-18-28(32)30(34)29(33)19-27/h18-19,21-26H,2-17,20H2,1H3. The third-order valence-electron chi connectivity index (χ3n) is 9.42. The number of esters is 1. The second-order valence-electron chi connectivity index (χ2n) is 12.0. The van der Waals surface area contributed by atoms with Crippen LogP contribution < -0.4 is 4.74 Å². The van der Waals surface area contributed by atoms with Crippen LogP contribution in [0.4, 0.5) is 13.2 Å². The summed E-state index contributed by atoms with van der Waals surface area (Å²) < 4.78 is 51.5. The summed E-state index contributed by atoms with van der Waals surface area (Å²) in [6, 6.07) is 1.45. The average molecular weight is 523 g/mol. The second kappa shape index (κ2) is 14.0. The number of rotatable bonds is 10. The van der Waals surface area contributed by atoms with E-state index in [1.807, 2.05) is 0 Å². The van der Waals surface area contributed by atoms with E-state index in [1.165, 1.54) is 64.2 Å². The Morgan fingerprint density at radius 3 is 1.95 bits per heavy atom. The lowest BCUT2D eigenvalue weighted by molar-refractivity contribution is -0.140. The van der Waals surface area contributed by atoms with Crippen molar-refractivity contribution in [2.24, 2.45) is 29.6 Å². The van der Waals surface area contributed by atoms with Crippen molar-refractivity contribution in [3.63, 3.8) is 0 Å². The Labute approximate surface area is 220 Å². The predicted molar refractivity (Wildman–Crippen MR) is 139 cm³/mol. The van der Waals surface area contributed by atoms with Gasteiger partial charge >= 0.3 is 5.97 Å². The molecule has 0 saturated heterocycles. The van der Waals surface area contributed by atoms with Gasteiger partial charge in [0.05, 0.1) is 12.0 Å². The number of halogens is 3. The number of carbonyl (C=O) groups is 1. The fourth-order valence-electron chi connectivity index (χ4n) is 6.99. The molecule has 37 heavy (non-hydrogen) atoms. The summed E-state index contributed by atoms with van der Waals surface area (Å²) in [7, 11) is 0. The Hall–Kier alpha value is -1.56. The maximum atomic E-state index is 13.4. The lowest BCUT2D eigenvalue weighted by atomic mass is 9.70. The maximum Gasteiger partial charge on any atom is 0.314 e. The molecule has 3 aliphatic carbocycles. The van der Waals surface area contributed by atoms with Gasteiger partial charge in [-0.05, 0) is 87.9 Å². The van der Waals surface area contributed by atoms with Crippen molar-refractivity contribution in [1.29, 1.82) is 0 Å². The molecule has 208 valence electrons. The van der Waals surface area contributed by atoms with E-state index in [0.717, 1.165) is 69.1 Å². The number of carbonyl (C=O) groups excluding carboxylic acids is 1. The van der Waals surface area contributed by atoms with Crippen LogP contribution in [-0.2, 0) is 9.53 Å². The topological polar surface area (TPSA) is 35.5 Å². The number of benzene rings is 1. The number of hydrogen-bond acceptors (Lipinski definition) is 3. The molecule has 0 aliphatic heterocycles. The Balaban J connectivity index is 1.10. The van der Waals surface area contributed by atoms with Gasteiger partial charge in [-0.1, -0.05) is 45.4 Å². The first-order valence-electron chi connectivity index (χ1n) is 14.9. The zero-order chi connectivity index (χ0) is 26.2. The molecule has 1 aromatic rings. The third-order valence-corrected chi connectivity index (χ3v) is 9.42. The minimum Gasteiger partial charge on any atom is -0.426 e. The number of unbranched alkanes of at least 4 members (excludes halogenated alkanes) is 2. The molecule has 0 bridgehead atoms. The van der Waals surface area contributed by atoms with E-state index >= 15 is 0 Å². The van der Waals surface area contributed by atoms with Crippen LogP contribution in [0.3, 0.4) is 0 Å². The molecule has 3 fully saturated rings. The molecular formula is C31H45F3O3. The van der Waals surface area contributed by atoms with Gasteiger partial charge in [-0.15, -0.1) is 0 Å². The van der Waals surface area contributed by atoms with Gasteiger partial charge in [0.2, 0.25) is 0 Å². The van der Waals surface area contributed by atoms with Gasteiger partial charge in [-0.25, -0.2) is 13.2 Å². The van der Waals surface area contributed by atoms with Crippen molar-refractivity contribution in [3.05, 3.63) is 29.6 Å². The molecule has 0 N–H and O–H groups in total. The minimum atomic E-state index is -1.55. The van der Waals surface area contributed by atoms with E-state index in [2.05, 4.69) is 6.92 Å². The van der Waals surface area contributed by atoms with Crippen molar-refractivity contribution in [2.75, 3.05) is 6.61 Å². The molecule has 0 spiro atoms. The van der Waals surface area contributed by atoms with Crippen molar-refractivity contribution in [1.82, 2.24) is 0 Å². The summed E-state index contributed by atoms with van der Waals surface area (Å²) in [5.74, 6) is -2.27. The average Bonchev–Trinajstić information content (AvgIpc) is 2.92. The molecule has 1 aromatic carbocycles. The first-order chi connectivity index (χ1) is 17.9. The largest absolute Gasteiger partial charge is 0.426 e. The molecule has 4 rings (SSSR count). The highest BCUT2D eigenvalue weighted by molar-refractivity contribution is 5.75. The molecule has 0 amide bonds. The highest BCUT2D eigenvalue weighted by atomic mass is 19.2. The summed E-state index contributed by atoms with van der Waals surface area (Å²) in [5.41, 5.74) is 0. The molecule has 3 aliphatic rings. The van der Waals surface area contributed by atoms with E-state index in [9.17, 15) is 18.0 Å². The third kappa shape index (κ3) is 8.21. The number of ether oxygens (including phenoxy) is 2. The molecule has 0 heterocycles. The lowest BCUT2D eigenvalue weighted by Crippen LogP contribution is -2.32. The Kier molecular flexibility index (Phi) is 10.8. The molecule has 3 saturated carbocycles. The first kappa shape index (κ1) is 28.4. The lowest BCUT2D eigenvalue weighted by Gasteiger charge is -2.37. The molecule has 3 nitrogen and oxygen atoms in total. The number of hydrogen-bond donors (Lipinski definition) is 0. The normalized spacial score (nSPS) is 30.7. The maximum absolute atomic E-state index is 13.4. The Morgan fingerprint density at radius 1 is 0.784 bits per heavy atom. The van der Waals surface area contributed by atoms with E-state index in [-0.39, 0.29) is 11.7 Å². The highest BCUT2D eigenvalue weighted by Gasteiger charge is 2.34. The zero-order valence-electron chi connectivity index (χ0n) is 22.5. The van der Waals surface area contributed by atoms with Crippen LogP contribution in [0, 0.1) is 47.0 Å². The fourth-order valence-corrected chi connectivity index (χ4v) is 6.99. The molecule has 0 aromatic heterocycles. The molecule has 0 atom stereocenters. The van der Waals surface area contributed by atoms with Gasteiger partial charge < -0.3 is 9.47 Å². The van der Waals surface area contributed by atoms with E-state index in [0.29, 0.717) is 17.9 Å². The van der Waals surface area contributed by atoms with Crippen LogP contribution in [0.15, 0.2) is 12.1 Å². The summed E-state index contributed by atoms with van der Waals surface area (Å²) in [5, 5.41) is 0. The second-order valence-corrected chi connectivity index (χ2v) is 12.0. The summed E-state index contributed by atoms with van der Waals surface area (Å²) >= 11 is 0. The zero-order valence-corrected chi connectivity index (χ0v) is 22.5. The van der Waals surface area contributed by atoms with E-state index in [4.69, 9.17) is 9.47 Å². The Morgan fingerprint density at radius 2 is 1.35 bits per heavy atom. The summed E-state index contributed by atoms with van der Waals surface area (Å²) in [6.45, 7) is 3.21. The van der Waals surface area contributed by atoms with Crippen LogP contribution in [0.1, 0.15) is 110 Å². The van der Waals surface area contributed by atoms with Crippen LogP contribution in [-0.4, -0.2) is 18.7 Å². The van der Waals surface area contributed by atoms with Crippen molar-refractivity contribution < 1.29 is 27.4 Å². The molecule has 6 heteroatoms. The monoisotopic (exact) mass is 522 g/mol. The van der Waals surface area contributed by atoms with Crippen molar-refractivity contribution in [3.8, 4) is 5.75 Å². The van der Waals surface area contributed by atoms with Gasteiger partial charge in [-0.3, -0.25) is 4.79 Å². The van der Waals surface area contributed by atoms with E-state index in [1.54, 1.807) is 0 Å². The SMILES string of the molecule is CCCCCC1CCC(COC2CCC(C3CCC(C(=O)Oc4cc(F)c(F)c(F)c4)CC3)CC2)CC1. The Bertz CT molecular complexity index is 828. The quantitative estimate of drug-likeness (QED) is 0.133. The molecule has 0 unspecified atom stereocenters. The summed E-state index contributed by atoms with van der Waals surface area (Å²) in [4.78, 5) is 12.5. The van der Waals surface area contributed by atoms with Crippen LogP contribution in [0.25, 0.3) is 0 Å². The first-order valence-corrected chi connectivity index (χ1v) is 14.9. The molecule has 0 radical (unpaired) electrons. The summed E-state index contributed by atoms with van der Waals surface area (Å²) in [6.07, 6.45) is 19.4. The van der Waals surface area contributed by atoms with Crippen LogP contribution in [0.2, 0.25) is 0 Å². The van der Waals surface area contributed by atoms with Gasteiger partial charge in [0.25, 0.3) is 0 Å². The van der Waals surface area contributed by atoms with Crippen LogP contribution >= 0.6 is 0 Å². The fraction of sp³-hybridized carbons (Fsp3) is 0.774. The predicted octanol–water partition coefficient (Wildman–Crippen LogP) is 8.78. The molecular weight excluding hydrogens is 477 g/mol.